The van der Waals surface area contributed by atoms with Crippen molar-refractivity contribution < 1.29 is 14.6 Å². The van der Waals surface area contributed by atoms with Gasteiger partial charge >= 0.3 is 5.97 Å². The van der Waals surface area contributed by atoms with Crippen LogP contribution in [0.5, 0.6) is 0 Å². The molecule has 1 rings (SSSR count). The van der Waals surface area contributed by atoms with Crippen molar-refractivity contribution in [1.82, 2.24) is 0 Å². The van der Waals surface area contributed by atoms with Crippen LogP contribution >= 0.6 is 23.2 Å². The molecular weight excluding hydrogens is 239 g/mol. The molecule has 15 heavy (non-hydrogen) atoms. The van der Waals surface area contributed by atoms with Gasteiger partial charge in [0.05, 0.1) is 0 Å². The van der Waals surface area contributed by atoms with Crippen molar-refractivity contribution >= 4 is 29.2 Å². The van der Waals surface area contributed by atoms with E-state index >= 15 is 0 Å². The Morgan fingerprint density at radius 1 is 1.53 bits per heavy atom. The number of carboxylic acids is 1. The second kappa shape index (κ2) is 5.35. The fourth-order valence-corrected chi connectivity index (χ4v) is 1.64. The minimum absolute atomic E-state index is 0.224. The van der Waals surface area contributed by atoms with E-state index in [0.717, 1.165) is 0 Å². The molecular formula is C10H10Cl2O3. The van der Waals surface area contributed by atoms with E-state index in [2.05, 4.69) is 0 Å². The molecule has 5 heteroatoms. The van der Waals surface area contributed by atoms with E-state index in [1.165, 1.54) is 7.11 Å². The third kappa shape index (κ3) is 3.38. The molecule has 0 aliphatic rings. The maximum atomic E-state index is 10.7. The second-order valence-electron chi connectivity index (χ2n) is 3.00. The number of hydrogen-bond donors (Lipinski definition) is 1. The molecule has 0 aliphatic carbocycles. The van der Waals surface area contributed by atoms with Crippen LogP contribution in [0.15, 0.2) is 18.2 Å². The summed E-state index contributed by atoms with van der Waals surface area (Å²) in [6.45, 7) is 0. The van der Waals surface area contributed by atoms with Crippen LogP contribution in [-0.4, -0.2) is 24.3 Å². The maximum absolute atomic E-state index is 10.7. The zero-order chi connectivity index (χ0) is 11.4. The summed E-state index contributed by atoms with van der Waals surface area (Å²) >= 11 is 11.6. The van der Waals surface area contributed by atoms with E-state index in [-0.39, 0.29) is 6.42 Å². The van der Waals surface area contributed by atoms with Crippen LogP contribution in [0.25, 0.3) is 0 Å². The molecule has 82 valence electrons. The summed E-state index contributed by atoms with van der Waals surface area (Å²) in [6.07, 6.45) is -0.661. The molecule has 0 aromatic heterocycles. The molecule has 0 bridgehead atoms. The van der Waals surface area contributed by atoms with Crippen LogP contribution in [-0.2, 0) is 16.0 Å². The fourth-order valence-electron chi connectivity index (χ4n) is 1.16. The van der Waals surface area contributed by atoms with E-state index in [4.69, 9.17) is 33.0 Å². The van der Waals surface area contributed by atoms with E-state index in [0.29, 0.717) is 15.6 Å². The summed E-state index contributed by atoms with van der Waals surface area (Å²) in [6, 6.07) is 4.93. The van der Waals surface area contributed by atoms with E-state index in [9.17, 15) is 4.79 Å². The average Bonchev–Trinajstić information content (AvgIpc) is 2.16. The number of ether oxygens (including phenoxy) is 1. The molecule has 1 atom stereocenters. The Morgan fingerprint density at radius 2 is 2.20 bits per heavy atom. The molecule has 1 aromatic rings. The number of rotatable bonds is 4. The van der Waals surface area contributed by atoms with Crippen LogP contribution in [0, 0.1) is 0 Å². The first-order valence-electron chi connectivity index (χ1n) is 4.24. The molecule has 0 heterocycles. The minimum atomic E-state index is -1.01. The molecule has 0 spiro atoms. The molecule has 1 N–H and O–H groups in total. The third-order valence-corrected chi connectivity index (χ3v) is 2.57. The Labute approximate surface area is 97.6 Å². The summed E-state index contributed by atoms with van der Waals surface area (Å²) < 4.78 is 4.81. The molecule has 0 radical (unpaired) electrons. The summed E-state index contributed by atoms with van der Waals surface area (Å²) in [5.41, 5.74) is 0.704. The molecule has 0 aliphatic heterocycles. The lowest BCUT2D eigenvalue weighted by atomic mass is 10.1. The van der Waals surface area contributed by atoms with Crippen molar-refractivity contribution in [2.75, 3.05) is 7.11 Å². The molecule has 1 unspecified atom stereocenters. The predicted molar refractivity (Wildman–Crippen MR) is 58.6 cm³/mol. The highest BCUT2D eigenvalue weighted by Crippen LogP contribution is 2.22. The summed E-state index contributed by atoms with van der Waals surface area (Å²) in [7, 11) is 1.35. The van der Waals surface area contributed by atoms with Crippen molar-refractivity contribution in [3.05, 3.63) is 33.8 Å². The van der Waals surface area contributed by atoms with Crippen molar-refractivity contribution in [3.8, 4) is 0 Å². The summed E-state index contributed by atoms with van der Waals surface area (Å²) in [5.74, 6) is -1.01. The minimum Gasteiger partial charge on any atom is -0.479 e. The molecule has 3 nitrogen and oxygen atoms in total. The quantitative estimate of drug-likeness (QED) is 0.892. The highest BCUT2D eigenvalue weighted by molar-refractivity contribution is 6.35. The first kappa shape index (κ1) is 12.3. The van der Waals surface area contributed by atoms with Crippen LogP contribution < -0.4 is 0 Å². The Morgan fingerprint density at radius 3 is 2.67 bits per heavy atom. The van der Waals surface area contributed by atoms with E-state index < -0.39 is 12.1 Å². The predicted octanol–water partition coefficient (Wildman–Crippen LogP) is 2.64. The third-order valence-electron chi connectivity index (χ3n) is 1.98. The van der Waals surface area contributed by atoms with Crippen molar-refractivity contribution in [1.29, 1.82) is 0 Å². The van der Waals surface area contributed by atoms with Gasteiger partial charge < -0.3 is 9.84 Å². The van der Waals surface area contributed by atoms with Gasteiger partial charge in [0.2, 0.25) is 0 Å². The normalized spacial score (nSPS) is 12.5. The number of aliphatic carboxylic acids is 1. The number of carboxylic acid groups (broad SMARTS) is 1. The first-order valence-corrected chi connectivity index (χ1v) is 4.99. The lowest BCUT2D eigenvalue weighted by Gasteiger charge is -2.11. The smallest absolute Gasteiger partial charge is 0.333 e. The summed E-state index contributed by atoms with van der Waals surface area (Å²) in [5, 5.41) is 9.76. The highest BCUT2D eigenvalue weighted by atomic mass is 35.5. The van der Waals surface area contributed by atoms with Crippen LogP contribution in [0.4, 0.5) is 0 Å². The lowest BCUT2D eigenvalue weighted by molar-refractivity contribution is -0.148. The van der Waals surface area contributed by atoms with E-state index in [1.807, 2.05) is 0 Å². The zero-order valence-corrected chi connectivity index (χ0v) is 9.55. The second-order valence-corrected chi connectivity index (χ2v) is 3.85. The van der Waals surface area contributed by atoms with Gasteiger partial charge in [-0.3, -0.25) is 0 Å². The zero-order valence-electron chi connectivity index (χ0n) is 8.04. The Kier molecular flexibility index (Phi) is 4.39. The van der Waals surface area contributed by atoms with Gasteiger partial charge in [-0.1, -0.05) is 29.3 Å². The van der Waals surface area contributed by atoms with Gasteiger partial charge in [-0.2, -0.15) is 0 Å². The van der Waals surface area contributed by atoms with Gasteiger partial charge in [-0.05, 0) is 17.7 Å². The van der Waals surface area contributed by atoms with E-state index in [1.54, 1.807) is 18.2 Å². The van der Waals surface area contributed by atoms with Gasteiger partial charge in [0.15, 0.2) is 6.10 Å². The molecule has 0 saturated carbocycles. The lowest BCUT2D eigenvalue weighted by Crippen LogP contribution is -2.24. The fraction of sp³-hybridized carbons (Fsp3) is 0.300. The standard InChI is InChI=1S/C10H10Cl2O3/c1-15-9(10(13)14)4-6-2-3-7(11)5-8(6)12/h2-3,5,9H,4H2,1H3,(H,13,14). The van der Waals surface area contributed by atoms with Gasteiger partial charge in [0.25, 0.3) is 0 Å². The van der Waals surface area contributed by atoms with Gasteiger partial charge in [0, 0.05) is 23.6 Å². The Balaban J connectivity index is 2.84. The van der Waals surface area contributed by atoms with Crippen LogP contribution in [0.3, 0.4) is 0 Å². The van der Waals surface area contributed by atoms with Crippen LogP contribution in [0.2, 0.25) is 10.0 Å². The number of benzene rings is 1. The van der Waals surface area contributed by atoms with Crippen molar-refractivity contribution in [3.63, 3.8) is 0 Å². The molecule has 1 aromatic carbocycles. The highest BCUT2D eigenvalue weighted by Gasteiger charge is 2.18. The SMILES string of the molecule is COC(Cc1ccc(Cl)cc1Cl)C(=O)O. The van der Waals surface area contributed by atoms with Crippen molar-refractivity contribution in [2.45, 2.75) is 12.5 Å². The monoisotopic (exact) mass is 248 g/mol. The molecule has 0 fully saturated rings. The molecule has 0 saturated heterocycles. The van der Waals surface area contributed by atoms with Gasteiger partial charge in [0.1, 0.15) is 0 Å². The largest absolute Gasteiger partial charge is 0.479 e. The number of halogens is 2. The number of methoxy groups -OCH3 is 1. The summed E-state index contributed by atoms with van der Waals surface area (Å²) in [4.78, 5) is 10.7. The Bertz CT molecular complexity index is 366. The number of hydrogen-bond acceptors (Lipinski definition) is 2. The maximum Gasteiger partial charge on any atom is 0.333 e. The van der Waals surface area contributed by atoms with Gasteiger partial charge in [-0.25, -0.2) is 4.79 Å². The van der Waals surface area contributed by atoms with Crippen molar-refractivity contribution in [2.24, 2.45) is 0 Å². The first-order chi connectivity index (χ1) is 7.04. The average molecular weight is 249 g/mol. The Hall–Kier alpha value is -0.770. The van der Waals surface area contributed by atoms with Gasteiger partial charge in [-0.15, -0.1) is 0 Å². The molecule has 0 amide bonds. The number of carbonyl (C=O) groups is 1. The topological polar surface area (TPSA) is 46.5 Å². The van der Waals surface area contributed by atoms with Crippen LogP contribution in [0.1, 0.15) is 5.56 Å².